The highest BCUT2D eigenvalue weighted by Gasteiger charge is 2.41. The van der Waals surface area contributed by atoms with Gasteiger partial charge in [-0.3, -0.25) is 4.79 Å². The SMILES string of the molecule is CSC1CCC(N)(c2ccccc2Cl)C(=O)C1. The van der Waals surface area contributed by atoms with E-state index in [1.54, 1.807) is 17.8 Å². The lowest BCUT2D eigenvalue weighted by Gasteiger charge is -2.36. The number of Topliss-reactive ketones (excluding diaryl/α,β-unsaturated/α-hetero) is 1. The first-order valence-electron chi connectivity index (χ1n) is 5.68. The molecular formula is C13H16ClNOS. The largest absolute Gasteiger partial charge is 0.315 e. The number of hydrogen-bond donors (Lipinski definition) is 1. The molecule has 0 amide bonds. The van der Waals surface area contributed by atoms with E-state index in [0.29, 0.717) is 23.1 Å². The topological polar surface area (TPSA) is 43.1 Å². The fraction of sp³-hybridized carbons (Fsp3) is 0.462. The number of nitrogens with two attached hydrogens (primary N) is 1. The molecule has 2 N–H and O–H groups in total. The van der Waals surface area contributed by atoms with Crippen molar-refractivity contribution in [3.05, 3.63) is 34.9 Å². The molecule has 92 valence electrons. The lowest BCUT2D eigenvalue weighted by Crippen LogP contribution is -2.49. The van der Waals surface area contributed by atoms with Gasteiger partial charge in [0.15, 0.2) is 5.78 Å². The molecule has 1 aromatic rings. The molecule has 0 heterocycles. The van der Waals surface area contributed by atoms with Crippen LogP contribution in [0.25, 0.3) is 0 Å². The van der Waals surface area contributed by atoms with E-state index < -0.39 is 5.54 Å². The van der Waals surface area contributed by atoms with Crippen LogP contribution in [0.5, 0.6) is 0 Å². The summed E-state index contributed by atoms with van der Waals surface area (Å²) < 4.78 is 0. The zero-order chi connectivity index (χ0) is 12.5. The molecule has 2 rings (SSSR count). The smallest absolute Gasteiger partial charge is 0.158 e. The molecule has 1 saturated carbocycles. The maximum atomic E-state index is 12.2. The van der Waals surface area contributed by atoms with Crippen LogP contribution in [0.1, 0.15) is 24.8 Å². The van der Waals surface area contributed by atoms with E-state index in [1.165, 1.54) is 0 Å². The maximum absolute atomic E-state index is 12.2. The lowest BCUT2D eigenvalue weighted by atomic mass is 9.76. The molecule has 2 unspecified atom stereocenters. The molecule has 0 spiro atoms. The second kappa shape index (κ2) is 5.01. The van der Waals surface area contributed by atoms with Crippen LogP contribution in [0.3, 0.4) is 0 Å². The molecule has 2 atom stereocenters. The van der Waals surface area contributed by atoms with Crippen molar-refractivity contribution in [2.75, 3.05) is 6.26 Å². The van der Waals surface area contributed by atoms with Gasteiger partial charge >= 0.3 is 0 Å². The summed E-state index contributed by atoms with van der Waals surface area (Å²) in [7, 11) is 0. The number of halogens is 1. The molecule has 1 aromatic carbocycles. The van der Waals surface area contributed by atoms with Gasteiger partial charge in [0.05, 0.1) is 0 Å². The Morgan fingerprint density at radius 2 is 2.18 bits per heavy atom. The molecular weight excluding hydrogens is 254 g/mol. The normalized spacial score (nSPS) is 29.4. The number of benzene rings is 1. The van der Waals surface area contributed by atoms with Gasteiger partial charge in [-0.15, -0.1) is 0 Å². The molecule has 2 nitrogen and oxygen atoms in total. The van der Waals surface area contributed by atoms with Gasteiger partial charge in [-0.1, -0.05) is 29.8 Å². The molecule has 0 radical (unpaired) electrons. The second-order valence-corrected chi connectivity index (χ2v) is 6.02. The standard InChI is InChI=1S/C13H16ClNOS/c1-17-9-6-7-13(15,12(16)8-9)10-4-2-3-5-11(10)14/h2-5,9H,6-8,15H2,1H3. The predicted octanol–water partition coefficient (Wildman–Crippen LogP) is 2.98. The summed E-state index contributed by atoms with van der Waals surface area (Å²) in [5.41, 5.74) is 6.18. The average molecular weight is 270 g/mol. The number of carbonyl (C=O) groups excluding carboxylic acids is 1. The van der Waals surface area contributed by atoms with E-state index in [4.69, 9.17) is 17.3 Å². The summed E-state index contributed by atoms with van der Waals surface area (Å²) in [6, 6.07) is 7.38. The number of hydrogen-bond acceptors (Lipinski definition) is 3. The van der Waals surface area contributed by atoms with Crippen LogP contribution in [0.2, 0.25) is 5.02 Å². The summed E-state index contributed by atoms with van der Waals surface area (Å²) in [5, 5.41) is 0.993. The van der Waals surface area contributed by atoms with Gasteiger partial charge in [0.25, 0.3) is 0 Å². The summed E-state index contributed by atoms with van der Waals surface area (Å²) in [6.07, 6.45) is 4.23. The third-order valence-electron chi connectivity index (χ3n) is 3.46. The maximum Gasteiger partial charge on any atom is 0.158 e. The Balaban J connectivity index is 2.32. The minimum atomic E-state index is -0.884. The van der Waals surface area contributed by atoms with Gasteiger partial charge < -0.3 is 5.73 Å². The molecule has 1 aliphatic rings. The first kappa shape index (κ1) is 12.9. The zero-order valence-corrected chi connectivity index (χ0v) is 11.4. The monoisotopic (exact) mass is 269 g/mol. The van der Waals surface area contributed by atoms with E-state index in [2.05, 4.69) is 0 Å². The molecule has 0 aliphatic heterocycles. The van der Waals surface area contributed by atoms with E-state index in [1.807, 2.05) is 24.5 Å². The van der Waals surface area contributed by atoms with Crippen LogP contribution in [0.4, 0.5) is 0 Å². The van der Waals surface area contributed by atoms with Crippen LogP contribution in [-0.4, -0.2) is 17.3 Å². The molecule has 1 aliphatic carbocycles. The second-order valence-electron chi connectivity index (χ2n) is 4.47. The van der Waals surface area contributed by atoms with Crippen LogP contribution in [0.15, 0.2) is 24.3 Å². The Hall–Kier alpha value is -0.510. The molecule has 17 heavy (non-hydrogen) atoms. The molecule has 4 heteroatoms. The van der Waals surface area contributed by atoms with Crippen molar-refractivity contribution in [3.8, 4) is 0 Å². The summed E-state index contributed by atoms with van der Waals surface area (Å²) >= 11 is 7.89. The van der Waals surface area contributed by atoms with Crippen molar-refractivity contribution in [2.24, 2.45) is 5.73 Å². The molecule has 0 aromatic heterocycles. The highest BCUT2D eigenvalue weighted by atomic mass is 35.5. The lowest BCUT2D eigenvalue weighted by molar-refractivity contribution is -0.126. The van der Waals surface area contributed by atoms with Crippen LogP contribution in [0, 0.1) is 0 Å². The van der Waals surface area contributed by atoms with E-state index in [-0.39, 0.29) is 5.78 Å². The summed E-state index contributed by atoms with van der Waals surface area (Å²) in [6.45, 7) is 0. The number of carbonyl (C=O) groups is 1. The highest BCUT2D eigenvalue weighted by Crippen LogP contribution is 2.38. The predicted molar refractivity (Wildman–Crippen MR) is 73.5 cm³/mol. The summed E-state index contributed by atoms with van der Waals surface area (Å²) in [5.74, 6) is 0.108. The molecule has 0 bridgehead atoms. The van der Waals surface area contributed by atoms with Crippen molar-refractivity contribution in [1.29, 1.82) is 0 Å². The minimum Gasteiger partial charge on any atom is -0.315 e. The van der Waals surface area contributed by atoms with E-state index in [9.17, 15) is 4.79 Å². The number of rotatable bonds is 2. The Morgan fingerprint density at radius 3 is 2.76 bits per heavy atom. The first-order valence-corrected chi connectivity index (χ1v) is 7.34. The van der Waals surface area contributed by atoms with Crippen LogP contribution in [-0.2, 0) is 10.3 Å². The minimum absolute atomic E-state index is 0.108. The van der Waals surface area contributed by atoms with Crippen molar-refractivity contribution in [3.63, 3.8) is 0 Å². The quantitative estimate of drug-likeness (QED) is 0.898. The highest BCUT2D eigenvalue weighted by molar-refractivity contribution is 7.99. The number of thioether (sulfide) groups is 1. The Kier molecular flexibility index (Phi) is 3.81. The average Bonchev–Trinajstić information content (AvgIpc) is 2.33. The molecule has 1 fully saturated rings. The van der Waals surface area contributed by atoms with Crippen molar-refractivity contribution in [2.45, 2.75) is 30.1 Å². The molecule has 0 saturated heterocycles. The number of ketones is 1. The Morgan fingerprint density at radius 1 is 1.47 bits per heavy atom. The van der Waals surface area contributed by atoms with Crippen molar-refractivity contribution < 1.29 is 4.79 Å². The summed E-state index contributed by atoms with van der Waals surface area (Å²) in [4.78, 5) is 12.2. The Labute approximate surface area is 111 Å². The Bertz CT molecular complexity index is 437. The van der Waals surface area contributed by atoms with E-state index >= 15 is 0 Å². The van der Waals surface area contributed by atoms with Gasteiger partial charge in [-0.05, 0) is 30.7 Å². The fourth-order valence-corrected chi connectivity index (χ4v) is 3.30. The van der Waals surface area contributed by atoms with Gasteiger partial charge in [-0.25, -0.2) is 0 Å². The van der Waals surface area contributed by atoms with Crippen LogP contribution >= 0.6 is 23.4 Å². The van der Waals surface area contributed by atoms with Gasteiger partial charge in [-0.2, -0.15) is 11.8 Å². The third kappa shape index (κ3) is 2.37. The van der Waals surface area contributed by atoms with Crippen LogP contribution < -0.4 is 5.73 Å². The van der Waals surface area contributed by atoms with Gasteiger partial charge in [0.1, 0.15) is 5.54 Å². The third-order valence-corrected chi connectivity index (χ3v) is 4.86. The van der Waals surface area contributed by atoms with Gasteiger partial charge in [0.2, 0.25) is 0 Å². The zero-order valence-electron chi connectivity index (χ0n) is 9.78. The van der Waals surface area contributed by atoms with E-state index in [0.717, 1.165) is 12.0 Å². The van der Waals surface area contributed by atoms with Gasteiger partial charge in [0, 0.05) is 16.7 Å². The fourth-order valence-electron chi connectivity index (χ4n) is 2.33. The van der Waals surface area contributed by atoms with Crippen molar-refractivity contribution in [1.82, 2.24) is 0 Å². The van der Waals surface area contributed by atoms with Crippen molar-refractivity contribution >= 4 is 29.1 Å². The first-order chi connectivity index (χ1) is 8.08.